The summed E-state index contributed by atoms with van der Waals surface area (Å²) in [6.45, 7) is 5.01. The predicted octanol–water partition coefficient (Wildman–Crippen LogP) is 5.92. The summed E-state index contributed by atoms with van der Waals surface area (Å²) < 4.78 is 22.4. The highest BCUT2D eigenvalue weighted by atomic mass is 19.1. The Balaban J connectivity index is 1.67. The third-order valence-electron chi connectivity index (χ3n) is 6.84. The van der Waals surface area contributed by atoms with Gasteiger partial charge in [-0.15, -0.1) is 0 Å². The number of aromatic nitrogens is 2. The fraction of sp³-hybridized carbons (Fsp3) is 0.379. The maximum absolute atomic E-state index is 16.4. The summed E-state index contributed by atoms with van der Waals surface area (Å²) in [7, 11) is 4.04. The normalized spacial score (nSPS) is 14.2. The number of phenolic OH excluding ortho intramolecular Hbond substituents is 1. The van der Waals surface area contributed by atoms with Gasteiger partial charge < -0.3 is 19.6 Å². The first kappa shape index (κ1) is 24.3. The average molecular weight is 489 g/mol. The maximum atomic E-state index is 16.4. The van der Waals surface area contributed by atoms with Crippen LogP contribution in [0.15, 0.2) is 42.5 Å². The maximum Gasteiger partial charge on any atom is 0.319 e. The Morgan fingerprint density at radius 2 is 1.81 bits per heavy atom. The number of fused-ring (bicyclic) bond motifs is 2. The van der Waals surface area contributed by atoms with Crippen LogP contribution in [0.4, 0.5) is 10.2 Å². The summed E-state index contributed by atoms with van der Waals surface area (Å²) in [5.41, 5.74) is 2.11. The van der Waals surface area contributed by atoms with E-state index in [4.69, 9.17) is 9.72 Å². The minimum absolute atomic E-state index is 0.101. The van der Waals surface area contributed by atoms with E-state index in [1.165, 1.54) is 6.42 Å². The van der Waals surface area contributed by atoms with E-state index < -0.39 is 5.82 Å². The topological polar surface area (TPSA) is 61.7 Å². The van der Waals surface area contributed by atoms with Gasteiger partial charge in [0.05, 0.1) is 6.61 Å². The van der Waals surface area contributed by atoms with E-state index in [-0.39, 0.29) is 17.3 Å². The molecular formula is C29H33FN4O2. The molecule has 1 aliphatic heterocycles. The van der Waals surface area contributed by atoms with Gasteiger partial charge in [-0.3, -0.25) is 0 Å². The van der Waals surface area contributed by atoms with Crippen LogP contribution in [0.1, 0.15) is 31.2 Å². The third kappa shape index (κ3) is 4.80. The van der Waals surface area contributed by atoms with Crippen molar-refractivity contribution in [3.8, 4) is 22.9 Å². The number of aryl methyl sites for hydroxylation is 1. The van der Waals surface area contributed by atoms with Gasteiger partial charge in [-0.2, -0.15) is 9.97 Å². The molecule has 36 heavy (non-hydrogen) atoms. The van der Waals surface area contributed by atoms with Crippen molar-refractivity contribution < 1.29 is 14.2 Å². The van der Waals surface area contributed by atoms with Gasteiger partial charge >= 0.3 is 6.01 Å². The molecule has 0 bridgehead atoms. The zero-order valence-electron chi connectivity index (χ0n) is 21.2. The number of hydrogen-bond donors (Lipinski definition) is 1. The lowest BCUT2D eigenvalue weighted by Crippen LogP contribution is -2.30. The SMILES string of the molecule is Cc1cc2c(N3CCCCC3)nc(OCCCN(C)C)nc2c(F)c1-c1cc(O)cc2ccccc12. The molecule has 5 rings (SSSR count). The van der Waals surface area contributed by atoms with Crippen molar-refractivity contribution in [3.63, 3.8) is 0 Å². The van der Waals surface area contributed by atoms with Crippen LogP contribution < -0.4 is 9.64 Å². The Kier molecular flexibility index (Phi) is 6.92. The number of ether oxygens (including phenoxy) is 1. The molecule has 0 atom stereocenters. The van der Waals surface area contributed by atoms with Gasteiger partial charge in [0, 0.05) is 30.6 Å². The fourth-order valence-corrected chi connectivity index (χ4v) is 5.11. The fourth-order valence-electron chi connectivity index (χ4n) is 5.11. The largest absolute Gasteiger partial charge is 0.508 e. The molecule has 0 spiro atoms. The molecule has 1 aliphatic rings. The van der Waals surface area contributed by atoms with Crippen LogP contribution in [-0.4, -0.2) is 60.3 Å². The number of rotatable bonds is 7. The standard InChI is InChI=1S/C29H33FN4O2/c1-19-16-24-27(26(30)25(19)23-18-21(35)17-20-10-5-6-11-22(20)23)31-29(36-15-9-12-33(2)3)32-28(24)34-13-7-4-8-14-34/h5-6,10-11,16-18,35H,4,7-9,12-15H2,1-3H3. The van der Waals surface area contributed by atoms with Crippen molar-refractivity contribution in [1.29, 1.82) is 0 Å². The number of piperidine rings is 1. The quantitative estimate of drug-likeness (QED) is 0.326. The van der Waals surface area contributed by atoms with Crippen LogP contribution in [0.25, 0.3) is 32.8 Å². The summed E-state index contributed by atoms with van der Waals surface area (Å²) in [5, 5.41) is 12.8. The molecule has 0 saturated carbocycles. The zero-order chi connectivity index (χ0) is 25.2. The van der Waals surface area contributed by atoms with Gasteiger partial charge in [-0.25, -0.2) is 4.39 Å². The second kappa shape index (κ2) is 10.3. The van der Waals surface area contributed by atoms with E-state index in [1.54, 1.807) is 12.1 Å². The van der Waals surface area contributed by atoms with E-state index in [9.17, 15) is 5.11 Å². The van der Waals surface area contributed by atoms with Crippen LogP contribution >= 0.6 is 0 Å². The van der Waals surface area contributed by atoms with E-state index in [0.717, 1.165) is 61.1 Å². The monoisotopic (exact) mass is 488 g/mol. The Morgan fingerprint density at radius 3 is 2.58 bits per heavy atom. The third-order valence-corrected chi connectivity index (χ3v) is 6.84. The zero-order valence-corrected chi connectivity index (χ0v) is 21.2. The molecule has 0 radical (unpaired) electrons. The molecule has 4 aromatic rings. The lowest BCUT2D eigenvalue weighted by atomic mass is 9.93. The van der Waals surface area contributed by atoms with Crippen LogP contribution in [0.2, 0.25) is 0 Å². The molecule has 0 amide bonds. The molecule has 2 heterocycles. The van der Waals surface area contributed by atoms with Crippen LogP contribution in [-0.2, 0) is 0 Å². The molecule has 1 fully saturated rings. The van der Waals surface area contributed by atoms with Gasteiger partial charge in [0.25, 0.3) is 0 Å². The lowest BCUT2D eigenvalue weighted by molar-refractivity contribution is 0.264. The molecule has 7 heteroatoms. The van der Waals surface area contributed by atoms with Gasteiger partial charge in [-0.05, 0) is 86.8 Å². The Hall–Kier alpha value is -3.45. The first-order valence-corrected chi connectivity index (χ1v) is 12.7. The molecular weight excluding hydrogens is 455 g/mol. The predicted molar refractivity (Wildman–Crippen MR) is 144 cm³/mol. The van der Waals surface area contributed by atoms with Crippen molar-refractivity contribution >= 4 is 27.5 Å². The van der Waals surface area contributed by atoms with Gasteiger partial charge in [-0.1, -0.05) is 24.3 Å². The van der Waals surface area contributed by atoms with Crippen LogP contribution in [0.3, 0.4) is 0 Å². The first-order chi connectivity index (χ1) is 17.4. The first-order valence-electron chi connectivity index (χ1n) is 12.7. The molecule has 6 nitrogen and oxygen atoms in total. The number of aromatic hydroxyl groups is 1. The van der Waals surface area contributed by atoms with Crippen LogP contribution in [0, 0.1) is 12.7 Å². The number of phenols is 1. The molecule has 1 aromatic heterocycles. The molecule has 1 N–H and O–H groups in total. The minimum Gasteiger partial charge on any atom is -0.508 e. The van der Waals surface area contributed by atoms with E-state index in [2.05, 4.69) is 14.8 Å². The summed E-state index contributed by atoms with van der Waals surface area (Å²) in [4.78, 5) is 13.6. The van der Waals surface area contributed by atoms with E-state index in [0.29, 0.717) is 23.1 Å². The second-order valence-corrected chi connectivity index (χ2v) is 9.88. The van der Waals surface area contributed by atoms with Crippen molar-refractivity contribution in [2.75, 3.05) is 45.2 Å². The number of halogens is 1. The molecule has 0 unspecified atom stereocenters. The number of benzene rings is 3. The van der Waals surface area contributed by atoms with Gasteiger partial charge in [0.2, 0.25) is 0 Å². The molecule has 1 saturated heterocycles. The minimum atomic E-state index is -0.417. The Labute approximate surface area is 211 Å². The molecule has 0 aliphatic carbocycles. The lowest BCUT2D eigenvalue weighted by Gasteiger charge is -2.29. The van der Waals surface area contributed by atoms with Crippen LogP contribution in [0.5, 0.6) is 11.8 Å². The van der Waals surface area contributed by atoms with E-state index in [1.807, 2.05) is 51.4 Å². The Morgan fingerprint density at radius 1 is 1.03 bits per heavy atom. The number of anilines is 1. The highest BCUT2D eigenvalue weighted by Crippen LogP contribution is 2.40. The summed E-state index contributed by atoms with van der Waals surface area (Å²) in [6.07, 6.45) is 4.18. The van der Waals surface area contributed by atoms with Crippen molar-refractivity contribution in [2.24, 2.45) is 0 Å². The van der Waals surface area contributed by atoms with Gasteiger partial charge in [0.1, 0.15) is 17.1 Å². The number of nitrogens with zero attached hydrogens (tertiary/aromatic N) is 4. The average Bonchev–Trinajstić information content (AvgIpc) is 2.87. The van der Waals surface area contributed by atoms with Crippen molar-refractivity contribution in [2.45, 2.75) is 32.6 Å². The Bertz CT molecular complexity index is 1400. The molecule has 188 valence electrons. The highest BCUT2D eigenvalue weighted by Gasteiger charge is 2.23. The summed E-state index contributed by atoms with van der Waals surface area (Å²) in [5.74, 6) is 0.417. The second-order valence-electron chi connectivity index (χ2n) is 9.88. The summed E-state index contributed by atoms with van der Waals surface area (Å²) in [6, 6.07) is 13.2. The van der Waals surface area contributed by atoms with Crippen molar-refractivity contribution in [1.82, 2.24) is 14.9 Å². The highest BCUT2D eigenvalue weighted by molar-refractivity contribution is 6.02. The van der Waals surface area contributed by atoms with Crippen molar-refractivity contribution in [3.05, 3.63) is 53.8 Å². The van der Waals surface area contributed by atoms with E-state index >= 15 is 4.39 Å². The van der Waals surface area contributed by atoms with Gasteiger partial charge in [0.15, 0.2) is 5.82 Å². The smallest absolute Gasteiger partial charge is 0.319 e. The number of hydrogen-bond acceptors (Lipinski definition) is 6. The molecule has 3 aromatic carbocycles. The summed E-state index contributed by atoms with van der Waals surface area (Å²) >= 11 is 0.